The maximum absolute atomic E-state index is 14.7. The summed E-state index contributed by atoms with van der Waals surface area (Å²) >= 11 is 18.7. The maximum atomic E-state index is 14.7. The highest BCUT2D eigenvalue weighted by atomic mass is 35.6. The summed E-state index contributed by atoms with van der Waals surface area (Å²) in [6, 6.07) is 53.6. The van der Waals surface area contributed by atoms with E-state index in [9.17, 15) is 43.2 Å². The molecule has 0 amide bonds. The van der Waals surface area contributed by atoms with Gasteiger partial charge in [-0.3, -0.25) is 15.0 Å². The molecule has 0 aliphatic carbocycles. The van der Waals surface area contributed by atoms with Crippen LogP contribution in [0.1, 0.15) is 93.3 Å². The Balaban J connectivity index is 1.08. The molecular weight excluding hydrogens is 1390 g/mol. The zero-order valence-electron chi connectivity index (χ0n) is 54.4. The standard InChI is InChI=1S/C74H66Cl3NO24/c1-42-55(96-65(83)47-29-15-6-16-30-47)56(97-66(84)48-31-17-7-18-32-48)52(39-88-63(81)45-25-11-4-12-26-45)93-70(42)90-41-54-57(91-43(2)79)60(61(92-44(3)80)72(95-54)102-73(78)74(75,76)77)101-71-62(100-69(87)51-37-23-10-24-38-51)59(99-68(86)50-35-21-9-22-36-50)58(98-67(85)49-33-19-8-20-34-49)53(94-71)40-89-64(82)46-27-13-5-14-28-46/h4-38,42,52-62,70-72,78H,39-41H2,1-3H3/t42?,52?,53?,54?,55?,56?,57-,58?,59?,60?,61?,62?,70?,71?,72?/m0/s1. The number of carbonyl (C=O) groups excluding carboxylic acids is 9. The molecule has 7 aromatic rings. The van der Waals surface area contributed by atoms with Crippen LogP contribution in [0, 0.1) is 11.3 Å². The lowest BCUT2D eigenvalue weighted by atomic mass is 9.91. The largest absolute Gasteiger partial charge is 0.459 e. The van der Waals surface area contributed by atoms with Gasteiger partial charge in [-0.2, -0.15) is 0 Å². The Morgan fingerprint density at radius 1 is 0.333 bits per heavy atom. The van der Waals surface area contributed by atoms with Gasteiger partial charge in [0.05, 0.1) is 45.6 Å². The van der Waals surface area contributed by atoms with Gasteiger partial charge in [0.2, 0.25) is 12.2 Å². The van der Waals surface area contributed by atoms with Crippen LogP contribution in [0.2, 0.25) is 0 Å². The van der Waals surface area contributed by atoms with Crippen LogP contribution >= 0.6 is 34.8 Å². The fraction of sp³-hybridized carbons (Fsp3) is 0.297. The number of rotatable bonds is 24. The summed E-state index contributed by atoms with van der Waals surface area (Å²) < 4.78 is 91.4. The quantitative estimate of drug-likeness (QED) is 0.0193. The van der Waals surface area contributed by atoms with E-state index in [1.807, 2.05) is 0 Å². The first-order chi connectivity index (χ1) is 49.1. The zero-order chi connectivity index (χ0) is 72.5. The van der Waals surface area contributed by atoms with Crippen molar-refractivity contribution in [3.05, 3.63) is 251 Å². The van der Waals surface area contributed by atoms with Crippen LogP contribution in [0.4, 0.5) is 0 Å². The van der Waals surface area contributed by atoms with Crippen molar-refractivity contribution < 1.29 is 114 Å². The van der Waals surface area contributed by atoms with Gasteiger partial charge < -0.3 is 71.1 Å². The van der Waals surface area contributed by atoms with Crippen molar-refractivity contribution in [1.82, 2.24) is 0 Å². The van der Waals surface area contributed by atoms with Gasteiger partial charge >= 0.3 is 53.7 Å². The van der Waals surface area contributed by atoms with Gasteiger partial charge in [0.15, 0.2) is 49.2 Å². The third kappa shape index (κ3) is 19.5. The average molecular weight is 1460 g/mol. The van der Waals surface area contributed by atoms with Gasteiger partial charge in [0, 0.05) is 19.8 Å². The Bertz CT molecular complexity index is 4030. The number of alkyl halides is 3. The summed E-state index contributed by atoms with van der Waals surface area (Å²) in [5.41, 5.74) is 0.169. The van der Waals surface area contributed by atoms with Crippen molar-refractivity contribution in [3.8, 4) is 0 Å². The molecule has 0 saturated carbocycles. The summed E-state index contributed by atoms with van der Waals surface area (Å²) in [6.45, 7) is 1.08. The molecule has 14 unspecified atom stereocenters. The Hall–Kier alpha value is -10.1. The number of ether oxygens (including phenoxy) is 15. The summed E-state index contributed by atoms with van der Waals surface area (Å²) in [6.07, 6.45) is -26.6. The highest BCUT2D eigenvalue weighted by molar-refractivity contribution is 6.76. The predicted molar refractivity (Wildman–Crippen MR) is 358 cm³/mol. The van der Waals surface area contributed by atoms with E-state index < -0.39 is 175 Å². The van der Waals surface area contributed by atoms with E-state index in [1.165, 1.54) is 116 Å². The molecule has 102 heavy (non-hydrogen) atoms. The fourth-order valence-corrected chi connectivity index (χ4v) is 11.2. The second-order valence-corrected chi connectivity index (χ2v) is 25.4. The SMILES string of the molecule is CC(=O)OC1C(OC(=N)C(Cl)(Cl)Cl)OC(COC2OC(COC(=O)c3ccccc3)C(OC(=O)c3ccccc3)C(OC(=O)c3ccccc3)C2C)[C@H](OC(C)=O)C1OC1OC(COC(=O)c2ccccc2)C(OC(=O)c2ccccc2)C(OC(=O)c2ccccc2)C1OC(=O)c1ccccc1. The monoisotopic (exact) mass is 1460 g/mol. The molecule has 3 heterocycles. The van der Waals surface area contributed by atoms with Crippen LogP contribution in [0.25, 0.3) is 0 Å². The number of benzene rings is 7. The first kappa shape index (κ1) is 74.6. The molecule has 7 aromatic carbocycles. The summed E-state index contributed by atoms with van der Waals surface area (Å²) in [5, 5.41) is 8.82. The lowest BCUT2D eigenvalue weighted by Crippen LogP contribution is -2.68. The van der Waals surface area contributed by atoms with Crippen molar-refractivity contribution >= 4 is 94.4 Å². The lowest BCUT2D eigenvalue weighted by Gasteiger charge is -2.49. The van der Waals surface area contributed by atoms with Gasteiger partial charge in [0.1, 0.15) is 43.7 Å². The number of nitrogens with one attached hydrogen (secondary N) is 1. The molecule has 0 aromatic heterocycles. The molecule has 25 nitrogen and oxygen atoms in total. The van der Waals surface area contributed by atoms with Crippen molar-refractivity contribution in [3.63, 3.8) is 0 Å². The number of hydrogen-bond donors (Lipinski definition) is 1. The van der Waals surface area contributed by atoms with Crippen LogP contribution in [0.5, 0.6) is 0 Å². The molecule has 15 atom stereocenters. The Kier molecular flexibility index (Phi) is 25.6. The van der Waals surface area contributed by atoms with Crippen molar-refractivity contribution in [2.45, 2.75) is 111 Å². The molecule has 3 aliphatic heterocycles. The third-order valence-corrected chi connectivity index (χ3v) is 16.5. The van der Waals surface area contributed by atoms with Crippen molar-refractivity contribution in [1.29, 1.82) is 5.41 Å². The highest BCUT2D eigenvalue weighted by Crippen LogP contribution is 2.40. The first-order valence-corrected chi connectivity index (χ1v) is 32.9. The molecule has 28 heteroatoms. The first-order valence-electron chi connectivity index (χ1n) is 31.7. The molecule has 0 bridgehead atoms. The van der Waals surface area contributed by atoms with E-state index in [4.69, 9.17) is 111 Å². The van der Waals surface area contributed by atoms with Crippen LogP contribution < -0.4 is 0 Å². The van der Waals surface area contributed by atoms with Crippen LogP contribution in [0.15, 0.2) is 212 Å². The van der Waals surface area contributed by atoms with E-state index >= 15 is 0 Å². The van der Waals surface area contributed by atoms with Crippen molar-refractivity contribution in [2.24, 2.45) is 5.92 Å². The molecule has 1 N–H and O–H groups in total. The molecule has 3 fully saturated rings. The molecule has 3 saturated heterocycles. The van der Waals surface area contributed by atoms with E-state index in [0.717, 1.165) is 13.8 Å². The van der Waals surface area contributed by atoms with E-state index in [1.54, 1.807) is 103 Å². The fourth-order valence-electron chi connectivity index (χ4n) is 11.1. The molecule has 0 radical (unpaired) electrons. The second-order valence-electron chi connectivity index (χ2n) is 23.1. The van der Waals surface area contributed by atoms with Crippen molar-refractivity contribution in [2.75, 3.05) is 19.8 Å². The van der Waals surface area contributed by atoms with Crippen LogP contribution in [0.3, 0.4) is 0 Å². The van der Waals surface area contributed by atoms with Gasteiger partial charge in [-0.05, 0) is 84.9 Å². The summed E-state index contributed by atoms with van der Waals surface area (Å²) in [4.78, 5) is 127. The van der Waals surface area contributed by atoms with Crippen LogP contribution in [-0.2, 0) is 80.6 Å². The normalized spacial score (nSPS) is 24.5. The Morgan fingerprint density at radius 3 is 0.971 bits per heavy atom. The molecule has 0 spiro atoms. The van der Waals surface area contributed by atoms with Gasteiger partial charge in [0.25, 0.3) is 3.79 Å². The van der Waals surface area contributed by atoms with Gasteiger partial charge in [-0.15, -0.1) is 0 Å². The number of carbonyl (C=O) groups is 9. The second kappa shape index (κ2) is 35.0. The number of hydrogen-bond acceptors (Lipinski definition) is 25. The third-order valence-electron chi connectivity index (χ3n) is 16.0. The Morgan fingerprint density at radius 2 is 0.608 bits per heavy atom. The van der Waals surface area contributed by atoms with E-state index in [0.29, 0.717) is 0 Å². The lowest BCUT2D eigenvalue weighted by molar-refractivity contribution is -0.358. The Labute approximate surface area is 598 Å². The number of esters is 9. The summed E-state index contributed by atoms with van der Waals surface area (Å²) in [7, 11) is 0. The summed E-state index contributed by atoms with van der Waals surface area (Å²) in [5.74, 6) is -11.3. The number of halogens is 3. The molecular formula is C74H66Cl3NO24. The molecule has 3 aliphatic rings. The minimum Gasteiger partial charge on any atom is -0.459 e. The van der Waals surface area contributed by atoms with Gasteiger partial charge in [-0.25, -0.2) is 33.6 Å². The molecule has 532 valence electrons. The van der Waals surface area contributed by atoms with Crippen LogP contribution in [-0.4, -0.2) is 169 Å². The zero-order valence-corrected chi connectivity index (χ0v) is 56.7. The maximum Gasteiger partial charge on any atom is 0.338 e. The minimum absolute atomic E-state index is 0.0256. The topological polar surface area (TPSA) is 316 Å². The smallest absolute Gasteiger partial charge is 0.338 e. The highest BCUT2D eigenvalue weighted by Gasteiger charge is 2.60. The van der Waals surface area contributed by atoms with E-state index in [2.05, 4.69) is 0 Å². The van der Waals surface area contributed by atoms with Gasteiger partial charge in [-0.1, -0.05) is 169 Å². The van der Waals surface area contributed by atoms with E-state index in [-0.39, 0.29) is 38.9 Å². The predicted octanol–water partition coefficient (Wildman–Crippen LogP) is 10.3. The molecule has 10 rings (SSSR count). The minimum atomic E-state index is -2.67. The average Bonchev–Trinajstić information content (AvgIpc) is 0.764.